The van der Waals surface area contributed by atoms with Crippen molar-refractivity contribution >= 4 is 33.0 Å². The lowest BCUT2D eigenvalue weighted by atomic mass is 10.0. The molecule has 0 bridgehead atoms. The van der Waals surface area contributed by atoms with Crippen molar-refractivity contribution < 1.29 is 27.1 Å². The minimum Gasteiger partial charge on any atom is -0.462 e. The predicted octanol–water partition coefficient (Wildman–Crippen LogP) is 3.45. The van der Waals surface area contributed by atoms with Gasteiger partial charge in [0, 0.05) is 12.4 Å². The lowest BCUT2D eigenvalue weighted by molar-refractivity contribution is 0.0526. The Bertz CT molecular complexity index is 1520. The van der Waals surface area contributed by atoms with Crippen LogP contribution < -0.4 is 4.72 Å². The second kappa shape index (κ2) is 10.3. The largest absolute Gasteiger partial charge is 0.462 e. The van der Waals surface area contributed by atoms with Crippen molar-refractivity contribution in [3.63, 3.8) is 0 Å². The summed E-state index contributed by atoms with van der Waals surface area (Å²) in [6, 6.07) is 16.9. The van der Waals surface area contributed by atoms with Gasteiger partial charge in [0.1, 0.15) is 5.82 Å². The maximum Gasteiger partial charge on any atom is 0.338 e. The summed E-state index contributed by atoms with van der Waals surface area (Å²) in [6.07, 6.45) is 1.40. The number of hydrogen-bond acceptors (Lipinski definition) is 6. The number of nitrogens with zero attached hydrogens (tertiary/aromatic N) is 3. The van der Waals surface area contributed by atoms with Gasteiger partial charge in [0.05, 0.1) is 41.7 Å². The maximum absolute atomic E-state index is 13.8. The van der Waals surface area contributed by atoms with E-state index in [2.05, 4.69) is 9.82 Å². The molecule has 0 saturated carbocycles. The van der Waals surface area contributed by atoms with Crippen LogP contribution in [-0.2, 0) is 21.5 Å². The number of nitrogens with one attached hydrogen (secondary N) is 1. The minimum absolute atomic E-state index is 0.0399. The second-order valence-corrected chi connectivity index (χ2v) is 9.52. The zero-order chi connectivity index (χ0) is 25.9. The normalized spacial score (nSPS) is 11.4. The molecule has 4 rings (SSSR count). The van der Waals surface area contributed by atoms with Crippen LogP contribution in [0.2, 0.25) is 0 Å². The summed E-state index contributed by atoms with van der Waals surface area (Å²) < 4.78 is 48.7. The van der Waals surface area contributed by atoms with Gasteiger partial charge in [-0.3, -0.25) is 4.79 Å². The summed E-state index contributed by atoms with van der Waals surface area (Å²) >= 11 is 0. The third-order valence-electron chi connectivity index (χ3n) is 5.45. The first-order chi connectivity index (χ1) is 17.2. The van der Waals surface area contributed by atoms with Crippen molar-refractivity contribution in [2.75, 3.05) is 13.7 Å². The minimum atomic E-state index is -4.22. The van der Waals surface area contributed by atoms with E-state index < -0.39 is 27.9 Å². The Balaban J connectivity index is 1.90. The number of aromatic nitrogens is 2. The van der Waals surface area contributed by atoms with Crippen LogP contribution in [0.3, 0.4) is 0 Å². The van der Waals surface area contributed by atoms with Gasteiger partial charge < -0.3 is 4.74 Å². The molecule has 9 nitrogen and oxygen atoms in total. The SMILES string of the molecule is CCOC(=O)c1cc(C(=O)N(Cc2ccccc2)S(=O)(=O)NC)c2cnn(-c3ccc(F)cc3)c2c1. The van der Waals surface area contributed by atoms with Crippen LogP contribution in [0.1, 0.15) is 33.2 Å². The molecule has 36 heavy (non-hydrogen) atoms. The molecule has 0 aliphatic carbocycles. The fourth-order valence-electron chi connectivity index (χ4n) is 3.68. The lowest BCUT2D eigenvalue weighted by Crippen LogP contribution is -2.42. The summed E-state index contributed by atoms with van der Waals surface area (Å²) in [4.78, 5) is 26.4. The van der Waals surface area contributed by atoms with Gasteiger partial charge in [0.15, 0.2) is 0 Å². The van der Waals surface area contributed by atoms with Gasteiger partial charge in [-0.2, -0.15) is 13.5 Å². The number of benzene rings is 3. The lowest BCUT2D eigenvalue weighted by Gasteiger charge is -2.22. The summed E-state index contributed by atoms with van der Waals surface area (Å²) in [6.45, 7) is 1.51. The first-order valence-electron chi connectivity index (χ1n) is 11.0. The van der Waals surface area contributed by atoms with Gasteiger partial charge in [-0.1, -0.05) is 30.3 Å². The van der Waals surface area contributed by atoms with Crippen LogP contribution in [0.5, 0.6) is 0 Å². The van der Waals surface area contributed by atoms with Crippen LogP contribution in [-0.4, -0.2) is 48.0 Å². The maximum atomic E-state index is 13.8. The quantitative estimate of drug-likeness (QED) is 0.364. The van der Waals surface area contributed by atoms with E-state index in [9.17, 15) is 22.4 Å². The Morgan fingerprint density at radius 1 is 1.08 bits per heavy atom. The highest BCUT2D eigenvalue weighted by Crippen LogP contribution is 2.27. The molecule has 0 aliphatic rings. The molecule has 0 unspecified atom stereocenters. The number of esters is 1. The monoisotopic (exact) mass is 510 g/mol. The van der Waals surface area contributed by atoms with E-state index in [4.69, 9.17) is 4.74 Å². The van der Waals surface area contributed by atoms with Gasteiger partial charge in [-0.25, -0.2) is 22.9 Å². The molecule has 0 spiro atoms. The third-order valence-corrected chi connectivity index (χ3v) is 6.84. The summed E-state index contributed by atoms with van der Waals surface area (Å²) in [7, 11) is -3.01. The van der Waals surface area contributed by atoms with Crippen LogP contribution in [0, 0.1) is 5.82 Å². The molecule has 0 saturated heterocycles. The zero-order valence-electron chi connectivity index (χ0n) is 19.5. The highest BCUT2D eigenvalue weighted by Gasteiger charge is 2.30. The fourth-order valence-corrected chi connectivity index (χ4v) is 4.54. The predicted molar refractivity (Wildman–Crippen MR) is 131 cm³/mol. The average Bonchev–Trinajstić information content (AvgIpc) is 3.31. The van der Waals surface area contributed by atoms with E-state index in [1.807, 2.05) is 0 Å². The van der Waals surface area contributed by atoms with E-state index >= 15 is 0 Å². The van der Waals surface area contributed by atoms with Crippen molar-refractivity contribution in [3.05, 3.63) is 95.4 Å². The molecule has 1 amide bonds. The number of rotatable bonds is 8. The summed E-state index contributed by atoms with van der Waals surface area (Å²) in [5.74, 6) is -1.98. The molecular weight excluding hydrogens is 487 g/mol. The Morgan fingerprint density at radius 3 is 2.42 bits per heavy atom. The summed E-state index contributed by atoms with van der Waals surface area (Å²) in [5.41, 5.74) is 1.40. The van der Waals surface area contributed by atoms with Crippen molar-refractivity contribution in [2.45, 2.75) is 13.5 Å². The molecule has 0 atom stereocenters. The Kier molecular flexibility index (Phi) is 7.13. The number of carbonyl (C=O) groups is 2. The molecule has 4 aromatic rings. The third kappa shape index (κ3) is 4.97. The topological polar surface area (TPSA) is 111 Å². The van der Waals surface area contributed by atoms with E-state index in [1.165, 1.54) is 54.3 Å². The standard InChI is InChI=1S/C25H23FN4O5S/c1-3-35-25(32)18-13-21(22-15-28-30(23(22)14-18)20-11-9-19(26)10-12-20)24(31)29(36(33,34)27-2)16-17-7-5-4-6-8-17/h4-15,27H,3,16H2,1-2H3. The number of hydrogen-bond donors (Lipinski definition) is 1. The van der Waals surface area contributed by atoms with E-state index in [-0.39, 0.29) is 24.3 Å². The van der Waals surface area contributed by atoms with Gasteiger partial charge >= 0.3 is 16.2 Å². The van der Waals surface area contributed by atoms with Gasteiger partial charge in [0.25, 0.3) is 5.91 Å². The highest BCUT2D eigenvalue weighted by molar-refractivity contribution is 7.87. The van der Waals surface area contributed by atoms with Crippen molar-refractivity contribution in [2.24, 2.45) is 0 Å². The first kappa shape index (κ1) is 25.0. The molecule has 186 valence electrons. The van der Waals surface area contributed by atoms with Crippen LogP contribution in [0.15, 0.2) is 72.9 Å². The molecule has 1 N–H and O–H groups in total. The van der Waals surface area contributed by atoms with Crippen molar-refractivity contribution in [1.82, 2.24) is 18.8 Å². The summed E-state index contributed by atoms with van der Waals surface area (Å²) in [5, 5.41) is 4.62. The molecule has 1 heterocycles. The second-order valence-electron chi connectivity index (χ2n) is 7.72. The first-order valence-corrected chi connectivity index (χ1v) is 12.4. The van der Waals surface area contributed by atoms with Gasteiger partial charge in [-0.05, 0) is 48.9 Å². The molecule has 11 heteroatoms. The molecule has 0 radical (unpaired) electrons. The smallest absolute Gasteiger partial charge is 0.338 e. The van der Waals surface area contributed by atoms with E-state index in [1.54, 1.807) is 37.3 Å². The van der Waals surface area contributed by atoms with E-state index in [0.717, 1.165) is 0 Å². The molecule has 0 fully saturated rings. The fraction of sp³-hybridized carbons (Fsp3) is 0.160. The van der Waals surface area contributed by atoms with Gasteiger partial charge in [0.2, 0.25) is 0 Å². The Labute approximate surface area is 207 Å². The number of fused-ring (bicyclic) bond motifs is 1. The molecular formula is C25H23FN4O5S. The molecule has 3 aromatic carbocycles. The van der Waals surface area contributed by atoms with E-state index in [0.29, 0.717) is 26.5 Å². The number of carbonyl (C=O) groups excluding carboxylic acids is 2. The molecule has 1 aromatic heterocycles. The number of ether oxygens (including phenoxy) is 1. The van der Waals surface area contributed by atoms with Crippen LogP contribution >= 0.6 is 0 Å². The highest BCUT2D eigenvalue weighted by atomic mass is 32.2. The Hall–Kier alpha value is -4.09. The van der Waals surface area contributed by atoms with Gasteiger partial charge in [-0.15, -0.1) is 0 Å². The van der Waals surface area contributed by atoms with Crippen LogP contribution in [0.25, 0.3) is 16.6 Å². The van der Waals surface area contributed by atoms with Crippen molar-refractivity contribution in [3.8, 4) is 5.69 Å². The Morgan fingerprint density at radius 2 is 1.78 bits per heavy atom. The molecule has 0 aliphatic heterocycles. The average molecular weight is 511 g/mol. The number of amides is 1. The number of halogens is 1. The zero-order valence-corrected chi connectivity index (χ0v) is 20.3. The van der Waals surface area contributed by atoms with Crippen molar-refractivity contribution in [1.29, 1.82) is 0 Å². The van der Waals surface area contributed by atoms with Crippen LogP contribution in [0.4, 0.5) is 4.39 Å².